The van der Waals surface area contributed by atoms with Gasteiger partial charge >= 0.3 is 6.01 Å². The molecule has 0 spiro atoms. The molecule has 19 heavy (non-hydrogen) atoms. The van der Waals surface area contributed by atoms with Gasteiger partial charge in [0.2, 0.25) is 0 Å². The molecule has 0 saturated carbocycles. The lowest BCUT2D eigenvalue weighted by Crippen LogP contribution is -2.17. The summed E-state index contributed by atoms with van der Waals surface area (Å²) in [6, 6.07) is 6.25. The van der Waals surface area contributed by atoms with Crippen LogP contribution in [0.4, 0.5) is 11.5 Å². The van der Waals surface area contributed by atoms with Crippen molar-refractivity contribution in [2.45, 2.75) is 13.1 Å². The van der Waals surface area contributed by atoms with E-state index in [9.17, 15) is 0 Å². The molecular formula is C13H13ClN4O. The minimum atomic E-state index is 0.315. The van der Waals surface area contributed by atoms with Gasteiger partial charge in [-0.1, -0.05) is 17.7 Å². The number of hydrogen-bond acceptors (Lipinski definition) is 5. The average Bonchev–Trinajstić information content (AvgIpc) is 2.82. The second-order valence-electron chi connectivity index (χ2n) is 4.41. The van der Waals surface area contributed by atoms with Gasteiger partial charge < -0.3 is 15.4 Å². The number of benzene rings is 1. The largest absolute Gasteiger partial charge is 0.467 e. The molecule has 2 N–H and O–H groups in total. The maximum atomic E-state index is 6.16. The van der Waals surface area contributed by atoms with Gasteiger partial charge in [-0.25, -0.2) is 4.98 Å². The second-order valence-corrected chi connectivity index (χ2v) is 4.82. The Balaban J connectivity index is 1.94. The van der Waals surface area contributed by atoms with Crippen LogP contribution < -0.4 is 15.4 Å². The first kappa shape index (κ1) is 12.0. The minimum absolute atomic E-state index is 0.315. The molecule has 2 heterocycles. The van der Waals surface area contributed by atoms with Crippen LogP contribution in [-0.4, -0.2) is 17.1 Å². The van der Waals surface area contributed by atoms with E-state index in [0.29, 0.717) is 16.9 Å². The molecule has 0 aliphatic carbocycles. The molecule has 0 unspecified atom stereocenters. The highest BCUT2D eigenvalue weighted by Gasteiger charge is 2.22. The topological polar surface area (TPSA) is 64.3 Å². The van der Waals surface area contributed by atoms with Gasteiger partial charge in [0.05, 0.1) is 13.3 Å². The highest BCUT2D eigenvalue weighted by Crippen LogP contribution is 2.32. The Morgan fingerprint density at radius 1 is 1.32 bits per heavy atom. The molecule has 1 aromatic carbocycles. The van der Waals surface area contributed by atoms with Gasteiger partial charge in [0.25, 0.3) is 0 Å². The number of fused-ring (bicyclic) bond motifs is 1. The summed E-state index contributed by atoms with van der Waals surface area (Å²) in [6.45, 7) is 1.50. The zero-order chi connectivity index (χ0) is 13.4. The Bertz CT molecular complexity index is 632. The van der Waals surface area contributed by atoms with Crippen LogP contribution in [-0.2, 0) is 13.1 Å². The fraction of sp³-hybridized carbons (Fsp3) is 0.231. The lowest BCUT2D eigenvalue weighted by atomic mass is 10.1. The molecule has 0 radical (unpaired) electrons. The third-order valence-electron chi connectivity index (χ3n) is 3.14. The van der Waals surface area contributed by atoms with Crippen molar-refractivity contribution in [1.29, 1.82) is 0 Å². The smallest absolute Gasteiger partial charge is 0.318 e. The van der Waals surface area contributed by atoms with Crippen molar-refractivity contribution in [1.82, 2.24) is 9.97 Å². The highest BCUT2D eigenvalue weighted by atomic mass is 35.5. The number of aromatic nitrogens is 2. The highest BCUT2D eigenvalue weighted by molar-refractivity contribution is 6.32. The molecule has 2 aromatic rings. The van der Waals surface area contributed by atoms with Crippen molar-refractivity contribution >= 4 is 23.1 Å². The number of anilines is 2. The molecular weight excluding hydrogens is 264 g/mol. The second kappa shape index (κ2) is 4.59. The normalized spacial score (nSPS) is 13.5. The van der Waals surface area contributed by atoms with Crippen LogP contribution >= 0.6 is 11.6 Å². The van der Waals surface area contributed by atoms with Crippen molar-refractivity contribution in [3.63, 3.8) is 0 Å². The fourth-order valence-electron chi connectivity index (χ4n) is 2.23. The molecule has 5 nitrogen and oxygen atoms in total. The molecule has 6 heteroatoms. The molecule has 0 amide bonds. The van der Waals surface area contributed by atoms with E-state index < -0.39 is 0 Å². The van der Waals surface area contributed by atoms with E-state index >= 15 is 0 Å². The van der Waals surface area contributed by atoms with Crippen molar-refractivity contribution < 1.29 is 4.74 Å². The number of nitrogen functional groups attached to an aromatic ring is 1. The summed E-state index contributed by atoms with van der Waals surface area (Å²) in [6.07, 6.45) is 1.56. The van der Waals surface area contributed by atoms with Crippen LogP contribution in [0.25, 0.3) is 0 Å². The quantitative estimate of drug-likeness (QED) is 0.852. The summed E-state index contributed by atoms with van der Waals surface area (Å²) in [4.78, 5) is 10.4. The van der Waals surface area contributed by atoms with Crippen LogP contribution in [0.2, 0.25) is 5.02 Å². The SMILES string of the molecule is COc1ncc(Cl)c(N2Cc3ccc(N)cc3C2)n1. The number of rotatable bonds is 2. The minimum Gasteiger partial charge on any atom is -0.467 e. The van der Waals surface area contributed by atoms with Crippen molar-refractivity contribution in [2.75, 3.05) is 17.7 Å². The Hall–Kier alpha value is -2.01. The summed E-state index contributed by atoms with van der Waals surface area (Å²) >= 11 is 6.16. The van der Waals surface area contributed by atoms with E-state index in [-0.39, 0.29) is 0 Å². The summed E-state index contributed by atoms with van der Waals surface area (Å²) in [7, 11) is 1.53. The Kier molecular flexibility index (Phi) is 2.91. The summed E-state index contributed by atoms with van der Waals surface area (Å²) in [5.41, 5.74) is 9.01. The zero-order valence-corrected chi connectivity index (χ0v) is 11.2. The van der Waals surface area contributed by atoms with E-state index in [1.807, 2.05) is 18.2 Å². The molecule has 3 rings (SSSR count). The average molecular weight is 277 g/mol. The van der Waals surface area contributed by atoms with Crippen molar-refractivity contribution in [2.24, 2.45) is 0 Å². The van der Waals surface area contributed by atoms with Gasteiger partial charge in [-0.05, 0) is 23.3 Å². The van der Waals surface area contributed by atoms with Crippen molar-refractivity contribution in [3.05, 3.63) is 40.5 Å². The molecule has 0 saturated heterocycles. The number of methoxy groups -OCH3 is 1. The summed E-state index contributed by atoms with van der Waals surface area (Å²) in [5, 5.41) is 0.515. The van der Waals surface area contributed by atoms with Crippen LogP contribution in [0.5, 0.6) is 6.01 Å². The van der Waals surface area contributed by atoms with E-state index in [1.165, 1.54) is 18.2 Å². The summed E-state index contributed by atoms with van der Waals surface area (Å²) < 4.78 is 5.04. The van der Waals surface area contributed by atoms with Crippen LogP contribution in [0.3, 0.4) is 0 Å². The lowest BCUT2D eigenvalue weighted by molar-refractivity contribution is 0.379. The van der Waals surface area contributed by atoms with Gasteiger partial charge in [-0.2, -0.15) is 4.98 Å². The lowest BCUT2D eigenvalue weighted by Gasteiger charge is -2.17. The zero-order valence-electron chi connectivity index (χ0n) is 10.4. The van der Waals surface area contributed by atoms with Crippen LogP contribution in [0.1, 0.15) is 11.1 Å². The van der Waals surface area contributed by atoms with Gasteiger partial charge in [-0.3, -0.25) is 0 Å². The fourth-order valence-corrected chi connectivity index (χ4v) is 2.44. The maximum Gasteiger partial charge on any atom is 0.318 e. The third-order valence-corrected chi connectivity index (χ3v) is 3.40. The first-order valence-corrected chi connectivity index (χ1v) is 6.24. The van der Waals surface area contributed by atoms with Crippen LogP contribution in [0.15, 0.2) is 24.4 Å². The molecule has 1 aromatic heterocycles. The molecule has 1 aliphatic rings. The monoisotopic (exact) mass is 276 g/mol. The number of ether oxygens (including phenoxy) is 1. The van der Waals surface area contributed by atoms with E-state index in [1.54, 1.807) is 6.20 Å². The molecule has 0 atom stereocenters. The molecule has 98 valence electrons. The Labute approximate surface area is 116 Å². The standard InChI is InChI=1S/C13H13ClN4O/c1-19-13-16-5-11(14)12(17-13)18-6-8-2-3-10(15)4-9(8)7-18/h2-5H,6-7,15H2,1H3. The van der Waals surface area contributed by atoms with Crippen molar-refractivity contribution in [3.8, 4) is 6.01 Å². The Morgan fingerprint density at radius 3 is 2.89 bits per heavy atom. The van der Waals surface area contributed by atoms with Gasteiger partial charge in [0, 0.05) is 18.8 Å². The molecule has 0 bridgehead atoms. The van der Waals surface area contributed by atoms with Gasteiger partial charge in [-0.15, -0.1) is 0 Å². The predicted octanol–water partition coefficient (Wildman–Crippen LogP) is 2.24. The maximum absolute atomic E-state index is 6.16. The molecule has 1 aliphatic heterocycles. The van der Waals surface area contributed by atoms with Gasteiger partial charge in [0.15, 0.2) is 5.82 Å². The first-order valence-electron chi connectivity index (χ1n) is 5.86. The third kappa shape index (κ3) is 2.17. The first-order chi connectivity index (χ1) is 9.17. The van der Waals surface area contributed by atoms with Crippen LogP contribution in [0, 0.1) is 0 Å². The van der Waals surface area contributed by atoms with Gasteiger partial charge in [0.1, 0.15) is 5.02 Å². The number of nitrogens with two attached hydrogens (primary N) is 1. The van der Waals surface area contributed by atoms with E-state index in [4.69, 9.17) is 22.1 Å². The van der Waals surface area contributed by atoms with E-state index in [2.05, 4.69) is 14.9 Å². The number of hydrogen-bond donors (Lipinski definition) is 1. The van der Waals surface area contributed by atoms with E-state index in [0.717, 1.165) is 18.8 Å². The summed E-state index contributed by atoms with van der Waals surface area (Å²) in [5.74, 6) is 0.684. The number of halogens is 1. The number of nitrogens with zero attached hydrogens (tertiary/aromatic N) is 3. The Morgan fingerprint density at radius 2 is 2.11 bits per heavy atom. The predicted molar refractivity (Wildman–Crippen MR) is 74.3 cm³/mol. The molecule has 0 fully saturated rings.